The molecule has 0 saturated carbocycles. The summed E-state index contributed by atoms with van der Waals surface area (Å²) in [4.78, 5) is 16.5. The van der Waals surface area contributed by atoms with E-state index in [1.807, 2.05) is 30.3 Å². The molecule has 1 aliphatic heterocycles. The lowest BCUT2D eigenvalue weighted by Crippen LogP contribution is -2.49. The number of aromatic nitrogens is 2. The van der Waals surface area contributed by atoms with Gasteiger partial charge in [0, 0.05) is 39.6 Å². The van der Waals surface area contributed by atoms with E-state index in [2.05, 4.69) is 25.3 Å². The van der Waals surface area contributed by atoms with Gasteiger partial charge in [0.2, 0.25) is 17.7 Å². The van der Waals surface area contributed by atoms with Crippen LogP contribution >= 0.6 is 0 Å². The zero-order valence-corrected chi connectivity index (χ0v) is 13.9. The van der Waals surface area contributed by atoms with Crippen LogP contribution in [0.5, 0.6) is 0 Å². The molecule has 7 heteroatoms. The molecule has 0 radical (unpaired) electrons. The molecule has 3 rings (SSSR count). The fourth-order valence-corrected chi connectivity index (χ4v) is 2.75. The van der Waals surface area contributed by atoms with Crippen molar-refractivity contribution in [1.29, 1.82) is 0 Å². The smallest absolute Gasteiger partial charge is 0.234 e. The van der Waals surface area contributed by atoms with Gasteiger partial charge in [-0.05, 0) is 5.56 Å². The minimum Gasteiger partial charge on any atom is -0.424 e. The van der Waals surface area contributed by atoms with E-state index in [4.69, 9.17) is 4.42 Å². The molecule has 2 aromatic rings. The molecule has 2 heterocycles. The third kappa shape index (κ3) is 4.87. The third-order valence-corrected chi connectivity index (χ3v) is 4.09. The van der Waals surface area contributed by atoms with Gasteiger partial charge in [-0.2, -0.15) is 0 Å². The lowest BCUT2D eigenvalue weighted by Gasteiger charge is -2.33. The highest BCUT2D eigenvalue weighted by atomic mass is 16.4. The van der Waals surface area contributed by atoms with Crippen molar-refractivity contribution in [2.24, 2.45) is 0 Å². The molecule has 7 nitrogen and oxygen atoms in total. The topological polar surface area (TPSA) is 74.5 Å². The number of hydrogen-bond acceptors (Lipinski definition) is 6. The minimum atomic E-state index is 0.0693. The molecular formula is C17H23N5O2. The summed E-state index contributed by atoms with van der Waals surface area (Å²) in [6.45, 7) is 7.02. The van der Waals surface area contributed by atoms with Gasteiger partial charge in [-0.3, -0.25) is 14.6 Å². The van der Waals surface area contributed by atoms with E-state index in [0.717, 1.165) is 31.7 Å². The average molecular weight is 329 g/mol. The second kappa shape index (κ2) is 8.03. The molecular weight excluding hydrogens is 306 g/mol. The highest BCUT2D eigenvalue weighted by Crippen LogP contribution is 2.07. The second-order valence-corrected chi connectivity index (χ2v) is 6.03. The average Bonchev–Trinajstić information content (AvgIpc) is 3.01. The molecule has 0 bridgehead atoms. The van der Waals surface area contributed by atoms with Gasteiger partial charge in [0.25, 0.3) is 0 Å². The van der Waals surface area contributed by atoms with Crippen LogP contribution in [0.2, 0.25) is 0 Å². The van der Waals surface area contributed by atoms with E-state index < -0.39 is 0 Å². The summed E-state index contributed by atoms with van der Waals surface area (Å²) >= 11 is 0. The molecule has 1 aromatic heterocycles. The van der Waals surface area contributed by atoms with Gasteiger partial charge in [-0.15, -0.1) is 10.2 Å². The third-order valence-electron chi connectivity index (χ3n) is 4.09. The predicted molar refractivity (Wildman–Crippen MR) is 89.0 cm³/mol. The Hall–Kier alpha value is -2.25. The van der Waals surface area contributed by atoms with Crippen molar-refractivity contribution < 1.29 is 9.21 Å². The number of carbonyl (C=O) groups is 1. The van der Waals surface area contributed by atoms with Crippen molar-refractivity contribution >= 4 is 5.91 Å². The Morgan fingerprint density at radius 1 is 1.12 bits per heavy atom. The molecule has 1 N–H and O–H groups in total. The number of nitrogens with one attached hydrogen (secondary N) is 1. The van der Waals surface area contributed by atoms with Gasteiger partial charge in [-0.25, -0.2) is 0 Å². The monoisotopic (exact) mass is 329 g/mol. The Kier molecular flexibility index (Phi) is 5.55. The van der Waals surface area contributed by atoms with Crippen molar-refractivity contribution in [1.82, 2.24) is 25.3 Å². The summed E-state index contributed by atoms with van der Waals surface area (Å²) in [5.74, 6) is 1.32. The SMILES string of the molecule is Cc1nnc(CN2CCN(CC(=O)NCc3ccccc3)CC2)o1. The van der Waals surface area contributed by atoms with E-state index in [0.29, 0.717) is 31.4 Å². The summed E-state index contributed by atoms with van der Waals surface area (Å²) in [5, 5.41) is 10.8. The maximum absolute atomic E-state index is 12.1. The number of carbonyl (C=O) groups excluding carboxylic acids is 1. The maximum atomic E-state index is 12.1. The van der Waals surface area contributed by atoms with E-state index in [9.17, 15) is 4.79 Å². The molecule has 24 heavy (non-hydrogen) atoms. The quantitative estimate of drug-likeness (QED) is 0.845. The fourth-order valence-electron chi connectivity index (χ4n) is 2.75. The highest BCUT2D eigenvalue weighted by molar-refractivity contribution is 5.78. The first-order valence-corrected chi connectivity index (χ1v) is 8.23. The van der Waals surface area contributed by atoms with E-state index in [1.165, 1.54) is 0 Å². The van der Waals surface area contributed by atoms with Crippen molar-refractivity contribution in [3.8, 4) is 0 Å². The van der Waals surface area contributed by atoms with E-state index in [-0.39, 0.29) is 5.91 Å². The van der Waals surface area contributed by atoms with Gasteiger partial charge in [0.1, 0.15) is 0 Å². The van der Waals surface area contributed by atoms with Crippen LogP contribution in [0.4, 0.5) is 0 Å². The molecule has 128 valence electrons. The number of nitrogens with zero attached hydrogens (tertiary/aromatic N) is 4. The van der Waals surface area contributed by atoms with Gasteiger partial charge in [0.15, 0.2) is 0 Å². The van der Waals surface area contributed by atoms with Crippen LogP contribution in [-0.2, 0) is 17.9 Å². The summed E-state index contributed by atoms with van der Waals surface area (Å²) in [6, 6.07) is 9.95. The molecule has 1 aromatic carbocycles. The first-order chi connectivity index (χ1) is 11.7. The second-order valence-electron chi connectivity index (χ2n) is 6.03. The van der Waals surface area contributed by atoms with Gasteiger partial charge in [0.05, 0.1) is 13.1 Å². The first-order valence-electron chi connectivity index (χ1n) is 8.23. The number of benzene rings is 1. The Morgan fingerprint density at radius 3 is 2.50 bits per heavy atom. The standard InChI is InChI=1S/C17H23N5O2/c1-14-19-20-17(24-14)13-22-9-7-21(8-10-22)12-16(23)18-11-15-5-3-2-4-6-15/h2-6H,7-13H2,1H3,(H,18,23). The lowest BCUT2D eigenvalue weighted by molar-refractivity contribution is -0.122. The zero-order chi connectivity index (χ0) is 16.8. The predicted octanol–water partition coefficient (Wildman–Crippen LogP) is 0.812. The molecule has 0 atom stereocenters. The molecule has 1 fully saturated rings. The van der Waals surface area contributed by atoms with Crippen LogP contribution in [0.25, 0.3) is 0 Å². The summed E-state index contributed by atoms with van der Waals surface area (Å²) in [5.41, 5.74) is 1.12. The Balaban J connectivity index is 1.36. The van der Waals surface area contributed by atoms with Gasteiger partial charge >= 0.3 is 0 Å². The van der Waals surface area contributed by atoms with Gasteiger partial charge in [-0.1, -0.05) is 30.3 Å². The molecule has 0 aliphatic carbocycles. The summed E-state index contributed by atoms with van der Waals surface area (Å²) < 4.78 is 5.41. The van der Waals surface area contributed by atoms with Gasteiger partial charge < -0.3 is 9.73 Å². The van der Waals surface area contributed by atoms with Crippen LogP contribution in [0.3, 0.4) is 0 Å². The molecule has 0 spiro atoms. The minimum absolute atomic E-state index is 0.0693. The molecule has 1 amide bonds. The summed E-state index contributed by atoms with van der Waals surface area (Å²) in [6.07, 6.45) is 0. The Bertz CT molecular complexity index is 650. The Morgan fingerprint density at radius 2 is 1.83 bits per heavy atom. The van der Waals surface area contributed by atoms with Crippen LogP contribution in [0, 0.1) is 6.92 Å². The number of amides is 1. The molecule has 1 saturated heterocycles. The van der Waals surface area contributed by atoms with E-state index >= 15 is 0 Å². The van der Waals surface area contributed by atoms with Crippen LogP contribution in [0.1, 0.15) is 17.3 Å². The zero-order valence-electron chi connectivity index (χ0n) is 13.9. The van der Waals surface area contributed by atoms with Crippen molar-refractivity contribution in [3.63, 3.8) is 0 Å². The van der Waals surface area contributed by atoms with Crippen LogP contribution < -0.4 is 5.32 Å². The maximum Gasteiger partial charge on any atom is 0.234 e. The normalized spacial score (nSPS) is 16.2. The largest absolute Gasteiger partial charge is 0.424 e. The number of rotatable bonds is 6. The van der Waals surface area contributed by atoms with E-state index in [1.54, 1.807) is 6.92 Å². The molecule has 1 aliphatic rings. The summed E-state index contributed by atoms with van der Waals surface area (Å²) in [7, 11) is 0. The van der Waals surface area contributed by atoms with Crippen LogP contribution in [-0.4, -0.2) is 58.6 Å². The van der Waals surface area contributed by atoms with Crippen LogP contribution in [0.15, 0.2) is 34.7 Å². The highest BCUT2D eigenvalue weighted by Gasteiger charge is 2.20. The van der Waals surface area contributed by atoms with Crippen molar-refractivity contribution in [3.05, 3.63) is 47.7 Å². The number of aryl methyl sites for hydroxylation is 1. The molecule has 0 unspecified atom stereocenters. The first kappa shape index (κ1) is 16.6. The number of piperazine rings is 1. The van der Waals surface area contributed by atoms with Crippen molar-refractivity contribution in [2.75, 3.05) is 32.7 Å². The fraction of sp³-hybridized carbons (Fsp3) is 0.471. The number of hydrogen-bond donors (Lipinski definition) is 1. The van der Waals surface area contributed by atoms with Crippen molar-refractivity contribution in [2.45, 2.75) is 20.0 Å². The lowest BCUT2D eigenvalue weighted by atomic mass is 10.2. The Labute approximate surface area is 141 Å².